The second-order valence-corrected chi connectivity index (χ2v) is 17.8. The molecule has 1 saturated carbocycles. The van der Waals surface area contributed by atoms with E-state index in [1.165, 1.54) is 6.92 Å². The number of amides is 4. The Morgan fingerprint density at radius 2 is 1.67 bits per heavy atom. The maximum Gasteiger partial charge on any atom is 0.405 e. The molecular weight excluding hydrogens is 813 g/mol. The second-order valence-electron chi connectivity index (χ2n) is 15.7. The fourth-order valence-corrected chi connectivity index (χ4v) is 8.27. The summed E-state index contributed by atoms with van der Waals surface area (Å²) in [6, 6.07) is 9.15. The zero-order valence-electron chi connectivity index (χ0n) is 38.2. The smallest absolute Gasteiger partial charge is 0.405 e. The van der Waals surface area contributed by atoms with E-state index in [1.807, 2.05) is 75.7 Å². The number of nitrogens with zero attached hydrogens (tertiary/aromatic N) is 2. The molecule has 0 unspecified atom stereocenters. The number of nitrogens with one attached hydrogen (secondary N) is 2. The van der Waals surface area contributed by atoms with E-state index < -0.39 is 44.3 Å². The van der Waals surface area contributed by atoms with Crippen molar-refractivity contribution in [3.8, 4) is 11.8 Å². The first-order chi connectivity index (χ1) is 28.5. The first-order valence-corrected chi connectivity index (χ1v) is 22.7. The molecule has 4 amide bonds. The van der Waals surface area contributed by atoms with Gasteiger partial charge in [-0.15, -0.1) is 0 Å². The maximum absolute atomic E-state index is 13.3. The van der Waals surface area contributed by atoms with E-state index in [1.54, 1.807) is 12.0 Å². The molecule has 5 rings (SSSR count). The van der Waals surface area contributed by atoms with Crippen LogP contribution in [-0.2, 0) is 29.1 Å². The third-order valence-electron chi connectivity index (χ3n) is 10.5. The molecule has 352 valence electrons. The van der Waals surface area contributed by atoms with E-state index in [2.05, 4.69) is 40.7 Å². The van der Waals surface area contributed by atoms with Crippen LogP contribution in [0, 0.1) is 11.8 Å². The van der Waals surface area contributed by atoms with Gasteiger partial charge in [0.05, 0.1) is 18.4 Å². The van der Waals surface area contributed by atoms with Gasteiger partial charge in [-0.3, -0.25) is 19.1 Å². The number of methoxy groups -OCH3 is 1. The zero-order chi connectivity index (χ0) is 46.8. The third kappa shape index (κ3) is 16.7. The van der Waals surface area contributed by atoms with Crippen LogP contribution in [0.15, 0.2) is 42.5 Å². The van der Waals surface area contributed by atoms with Gasteiger partial charge in [0.2, 0.25) is 39.5 Å². The number of carbonyl (C=O) groups excluding carboxylic acids is 4. The van der Waals surface area contributed by atoms with E-state index in [4.69, 9.17) is 9.47 Å². The van der Waals surface area contributed by atoms with Crippen LogP contribution in [0.5, 0.6) is 11.8 Å². The summed E-state index contributed by atoms with van der Waals surface area (Å²) in [5, 5.41) is 4.81. The van der Waals surface area contributed by atoms with Crippen LogP contribution in [-0.4, -0.2) is 90.7 Å². The van der Waals surface area contributed by atoms with Crippen molar-refractivity contribution < 1.29 is 54.9 Å². The Labute approximate surface area is 366 Å². The molecule has 1 aromatic carbocycles. The number of alkyl halides is 2. The second kappa shape index (κ2) is 24.8. The Morgan fingerprint density at radius 1 is 1.05 bits per heavy atom. The van der Waals surface area contributed by atoms with Gasteiger partial charge >= 0.3 is 6.09 Å². The van der Waals surface area contributed by atoms with Crippen molar-refractivity contribution in [1.82, 2.24) is 19.9 Å². The number of sulfonamides is 1. The van der Waals surface area contributed by atoms with Gasteiger partial charge in [-0.05, 0) is 75.7 Å². The molecular formula is C44H77F2N5O9S. The van der Waals surface area contributed by atoms with Crippen molar-refractivity contribution >= 4 is 44.6 Å². The molecule has 2 aromatic rings. The zero-order valence-corrected chi connectivity index (χ0v) is 39.0. The quantitative estimate of drug-likeness (QED) is 0.216. The summed E-state index contributed by atoms with van der Waals surface area (Å²) in [5.41, 5.74) is 2.73. The Bertz CT molecular complexity index is 1880. The van der Waals surface area contributed by atoms with E-state index in [0.717, 1.165) is 43.9 Å². The average Bonchev–Trinajstić information content (AvgIpc) is 3.89. The van der Waals surface area contributed by atoms with E-state index in [-0.39, 0.29) is 28.1 Å². The standard InChI is InChI=1S/C27H35N3O4.C7H13NO3S.C6H11F2NO2.2C2H6.3H2/c1-18-9-5-4-8-12-28-26(32)23-16-21(17-30(23)25(31)14-19(2)13-18)34-27-22-11-7-6-10-20(22)15-24(29-27)33-3;1-3-7(4-5-7)12(10,11)8-6(2)9;1-5(2,6(3,7)8)11-4(9)10;2*1-2;;;/h4,6-8,10-11,15,18-19,21,23H,5,9,12-14,16-17H2,1-3H3,(H,28,32);3-5H2,1-2H3,(H,8,9);1-3H3,(H2,9,10);2*1-2H3;3*1H/b8-4-;;;;;;;/t18-,19+,21+,23-;;;;;;;/m0......./s1. The molecule has 3 aliphatic rings. The van der Waals surface area contributed by atoms with Crippen molar-refractivity contribution in [2.24, 2.45) is 17.6 Å². The first kappa shape index (κ1) is 54.5. The van der Waals surface area contributed by atoms with Crippen LogP contribution in [0.1, 0.15) is 132 Å². The predicted octanol–water partition coefficient (Wildman–Crippen LogP) is 8.81. The van der Waals surface area contributed by atoms with E-state index in [9.17, 15) is 36.4 Å². The lowest BCUT2D eigenvalue weighted by Gasteiger charge is -2.29. The van der Waals surface area contributed by atoms with E-state index >= 15 is 0 Å². The molecule has 0 spiro atoms. The lowest BCUT2D eigenvalue weighted by atomic mass is 9.91. The van der Waals surface area contributed by atoms with Gasteiger partial charge < -0.3 is 30.2 Å². The van der Waals surface area contributed by atoms with Gasteiger partial charge in [-0.1, -0.05) is 78.8 Å². The largest absolute Gasteiger partial charge is 0.481 e. The van der Waals surface area contributed by atoms with E-state index in [0.29, 0.717) is 69.8 Å². The van der Waals surface area contributed by atoms with Gasteiger partial charge in [0.1, 0.15) is 12.1 Å². The Kier molecular flexibility index (Phi) is 22.1. The number of carbonyl (C=O) groups is 4. The maximum atomic E-state index is 13.3. The summed E-state index contributed by atoms with van der Waals surface area (Å²) in [5.74, 6) is -1.96. The number of fused-ring (bicyclic) bond motifs is 2. The molecule has 0 bridgehead atoms. The first-order valence-electron chi connectivity index (χ1n) is 21.3. The Hall–Kier alpha value is -4.54. The average molecular weight is 890 g/mol. The number of nitrogens with two attached hydrogens (primary N) is 1. The van der Waals surface area contributed by atoms with Gasteiger partial charge in [0.15, 0.2) is 5.60 Å². The minimum atomic E-state index is -3.40. The summed E-state index contributed by atoms with van der Waals surface area (Å²) >= 11 is 0. The summed E-state index contributed by atoms with van der Waals surface area (Å²) in [7, 11) is -1.82. The number of benzene rings is 1. The minimum absolute atomic E-state index is 0. The minimum Gasteiger partial charge on any atom is -0.481 e. The van der Waals surface area contributed by atoms with Crippen LogP contribution in [0.2, 0.25) is 0 Å². The van der Waals surface area contributed by atoms with Gasteiger partial charge in [0.25, 0.3) is 5.92 Å². The molecule has 3 heterocycles. The topological polar surface area (TPSA) is 196 Å². The number of pyridine rings is 1. The fraction of sp³-hybridized carbons (Fsp3) is 0.659. The summed E-state index contributed by atoms with van der Waals surface area (Å²) in [6.07, 6.45) is 8.49. The van der Waals surface area contributed by atoms with Crippen LogP contribution < -0.4 is 25.2 Å². The number of aromatic nitrogens is 1. The molecule has 61 heavy (non-hydrogen) atoms. The molecule has 4 atom stereocenters. The number of ether oxygens (including phenoxy) is 3. The predicted molar refractivity (Wildman–Crippen MR) is 241 cm³/mol. The van der Waals surface area contributed by atoms with Gasteiger partial charge in [0, 0.05) is 49.0 Å². The fourth-order valence-electron chi connectivity index (χ4n) is 6.66. The Balaban J connectivity index is -0.00000103. The lowest BCUT2D eigenvalue weighted by molar-refractivity contribution is -0.148. The summed E-state index contributed by atoms with van der Waals surface area (Å²) < 4.78 is 65.1. The molecule has 4 N–H and O–H groups in total. The van der Waals surface area contributed by atoms with Crippen LogP contribution in [0.4, 0.5) is 13.6 Å². The normalized spacial score (nSPS) is 21.8. The third-order valence-corrected chi connectivity index (χ3v) is 12.9. The van der Waals surface area contributed by atoms with Crippen molar-refractivity contribution in [2.45, 2.75) is 156 Å². The number of halogens is 2. The number of primary amides is 1. The summed E-state index contributed by atoms with van der Waals surface area (Å²) in [6.45, 7) is 19.1. The molecule has 2 aliphatic heterocycles. The van der Waals surface area contributed by atoms with Crippen molar-refractivity contribution in [3.63, 3.8) is 0 Å². The van der Waals surface area contributed by atoms with Crippen molar-refractivity contribution in [1.29, 1.82) is 0 Å². The molecule has 2 fully saturated rings. The highest BCUT2D eigenvalue weighted by Crippen LogP contribution is 2.45. The molecule has 0 radical (unpaired) electrons. The SMILES string of the molecule is CC.CC.CC(F)(F)C(C)(C)OC(N)=O.CCC1(S(=O)(=O)NC(C)=O)CC1.COc1cc2ccccc2c(O[C@@H]2C[C@H]3C(=O)NC/C=C\CC[C@H](C)C[C@@H](C)CC(=O)N3C2)n1.[HH].[HH].[HH]. The molecule has 1 saturated heterocycles. The summed E-state index contributed by atoms with van der Waals surface area (Å²) in [4.78, 5) is 53.2. The number of hydrogen-bond acceptors (Lipinski definition) is 10. The molecule has 1 aliphatic carbocycles. The molecule has 14 nitrogen and oxygen atoms in total. The number of allylic oxidation sites excluding steroid dienone is 1. The van der Waals surface area contributed by atoms with Crippen molar-refractivity contribution in [2.75, 3.05) is 20.2 Å². The highest BCUT2D eigenvalue weighted by atomic mass is 32.2. The van der Waals surface area contributed by atoms with Crippen molar-refractivity contribution in [3.05, 3.63) is 42.5 Å². The highest BCUT2D eigenvalue weighted by Gasteiger charge is 2.53. The number of rotatable bonds is 8. The van der Waals surface area contributed by atoms with Crippen LogP contribution in [0.3, 0.4) is 0 Å². The van der Waals surface area contributed by atoms with Gasteiger partial charge in [-0.2, -0.15) is 4.98 Å². The highest BCUT2D eigenvalue weighted by molar-refractivity contribution is 7.91. The van der Waals surface area contributed by atoms with Gasteiger partial charge in [-0.25, -0.2) is 22.0 Å². The Morgan fingerprint density at radius 3 is 2.20 bits per heavy atom. The number of hydrogen-bond donors (Lipinski definition) is 3. The lowest BCUT2D eigenvalue weighted by Crippen LogP contribution is -2.46. The molecule has 1 aromatic heterocycles. The van der Waals surface area contributed by atoms with Crippen LogP contribution in [0.25, 0.3) is 10.8 Å². The monoisotopic (exact) mass is 890 g/mol. The van der Waals surface area contributed by atoms with Crippen LogP contribution >= 0.6 is 0 Å². The molecule has 17 heteroatoms.